The molecule has 2 rings (SSSR count). The van der Waals surface area contributed by atoms with Crippen molar-refractivity contribution >= 4 is 49.1 Å². The Labute approximate surface area is 109 Å². The van der Waals surface area contributed by atoms with Crippen LogP contribution < -0.4 is 10.6 Å². The topological polar surface area (TPSA) is 46.3 Å². The van der Waals surface area contributed by atoms with Gasteiger partial charge in [0.25, 0.3) is 0 Å². The number of carbonyl (C=O) groups excluding carboxylic acids is 1. The number of rotatable bonds is 1. The molecule has 0 spiro atoms. The Kier molecular flexibility index (Phi) is 3.21. The van der Waals surface area contributed by atoms with Gasteiger partial charge in [-0.2, -0.15) is 0 Å². The summed E-state index contributed by atoms with van der Waals surface area (Å²) in [7, 11) is 0. The number of benzene rings is 1. The van der Waals surface area contributed by atoms with Crippen LogP contribution in [0.15, 0.2) is 16.6 Å². The third kappa shape index (κ3) is 2.08. The van der Waals surface area contributed by atoms with Crippen LogP contribution in [0.25, 0.3) is 0 Å². The molecule has 1 aliphatic heterocycles. The third-order valence-corrected chi connectivity index (χ3v) is 3.51. The number of hydrogen-bond acceptors (Lipinski definition) is 2. The first-order valence-electron chi connectivity index (χ1n) is 4.68. The summed E-state index contributed by atoms with van der Waals surface area (Å²) in [5, 5.41) is 0. The van der Waals surface area contributed by atoms with Crippen molar-refractivity contribution in [2.24, 2.45) is 0 Å². The minimum Gasteiger partial charge on any atom is -0.395 e. The van der Waals surface area contributed by atoms with Crippen LogP contribution in [0.2, 0.25) is 0 Å². The maximum absolute atomic E-state index is 13.4. The van der Waals surface area contributed by atoms with Crippen LogP contribution in [0.4, 0.5) is 15.8 Å². The van der Waals surface area contributed by atoms with Crippen LogP contribution in [0.1, 0.15) is 6.42 Å². The molecule has 1 fully saturated rings. The summed E-state index contributed by atoms with van der Waals surface area (Å²) in [6.45, 7) is 0.513. The van der Waals surface area contributed by atoms with Crippen molar-refractivity contribution in [3.05, 3.63) is 22.4 Å². The number of halogens is 3. The number of anilines is 2. The molecule has 0 bridgehead atoms. The molecular formula is C10H9Br2FN2O. The molecule has 1 saturated heterocycles. The molecule has 0 aromatic heterocycles. The number of nitrogens with two attached hydrogens (primary N) is 1. The van der Waals surface area contributed by atoms with Crippen molar-refractivity contribution in [1.29, 1.82) is 0 Å². The molecule has 16 heavy (non-hydrogen) atoms. The molecule has 86 valence electrons. The van der Waals surface area contributed by atoms with Gasteiger partial charge in [0.2, 0.25) is 5.91 Å². The normalized spacial score (nSPS) is 20.6. The van der Waals surface area contributed by atoms with E-state index in [0.717, 1.165) is 0 Å². The molecule has 1 aromatic carbocycles. The standard InChI is InChI=1S/C10H9Br2FN2O/c11-5-1-7(13)10(14)8(2-5)15-4-6(12)3-9(15)16/h1-2,6H,3-4,14H2. The minimum absolute atomic E-state index is 0.0122. The first kappa shape index (κ1) is 11.9. The smallest absolute Gasteiger partial charge is 0.228 e. The Morgan fingerprint density at radius 1 is 1.50 bits per heavy atom. The summed E-state index contributed by atoms with van der Waals surface area (Å²) >= 11 is 6.55. The maximum atomic E-state index is 13.4. The molecule has 6 heteroatoms. The van der Waals surface area contributed by atoms with Crippen LogP contribution in [0, 0.1) is 5.82 Å². The zero-order valence-corrected chi connectivity index (χ0v) is 11.4. The lowest BCUT2D eigenvalue weighted by Gasteiger charge is -2.18. The van der Waals surface area contributed by atoms with Crippen LogP contribution in [-0.4, -0.2) is 17.3 Å². The predicted molar refractivity (Wildman–Crippen MR) is 68.2 cm³/mol. The van der Waals surface area contributed by atoms with E-state index in [1.54, 1.807) is 6.07 Å². The minimum atomic E-state index is -0.518. The molecule has 3 nitrogen and oxygen atoms in total. The van der Waals surface area contributed by atoms with Crippen molar-refractivity contribution in [2.45, 2.75) is 11.2 Å². The second-order valence-corrected chi connectivity index (χ2v) is 5.84. The molecule has 1 unspecified atom stereocenters. The molecule has 1 aromatic rings. The van der Waals surface area contributed by atoms with E-state index in [0.29, 0.717) is 23.1 Å². The van der Waals surface area contributed by atoms with Gasteiger partial charge in [-0.25, -0.2) is 4.39 Å². The van der Waals surface area contributed by atoms with E-state index >= 15 is 0 Å². The lowest BCUT2D eigenvalue weighted by atomic mass is 10.2. The van der Waals surface area contributed by atoms with E-state index in [4.69, 9.17) is 5.73 Å². The Hall–Kier alpha value is -0.620. The fourth-order valence-corrected chi connectivity index (χ4v) is 2.68. The molecule has 1 atom stereocenters. The monoisotopic (exact) mass is 350 g/mol. The SMILES string of the molecule is Nc1c(F)cc(Br)cc1N1CC(Br)CC1=O. The lowest BCUT2D eigenvalue weighted by Crippen LogP contribution is -2.25. The summed E-state index contributed by atoms with van der Waals surface area (Å²) in [4.78, 5) is 13.3. The summed E-state index contributed by atoms with van der Waals surface area (Å²) in [6, 6.07) is 2.94. The van der Waals surface area contributed by atoms with E-state index in [-0.39, 0.29) is 16.4 Å². The number of nitrogens with zero attached hydrogens (tertiary/aromatic N) is 1. The zero-order chi connectivity index (χ0) is 11.9. The molecule has 0 saturated carbocycles. The van der Waals surface area contributed by atoms with Gasteiger partial charge in [0.05, 0.1) is 11.4 Å². The predicted octanol–water partition coefficient (Wildman–Crippen LogP) is 2.67. The van der Waals surface area contributed by atoms with Crippen molar-refractivity contribution in [3.63, 3.8) is 0 Å². The van der Waals surface area contributed by atoms with Gasteiger partial charge in [0, 0.05) is 22.3 Å². The van der Waals surface area contributed by atoms with Crippen molar-refractivity contribution < 1.29 is 9.18 Å². The molecule has 1 heterocycles. The van der Waals surface area contributed by atoms with Gasteiger partial charge in [-0.05, 0) is 12.1 Å². The number of amides is 1. The van der Waals surface area contributed by atoms with Crippen molar-refractivity contribution in [3.8, 4) is 0 Å². The van der Waals surface area contributed by atoms with Crippen LogP contribution >= 0.6 is 31.9 Å². The van der Waals surface area contributed by atoms with Crippen LogP contribution in [0.5, 0.6) is 0 Å². The van der Waals surface area contributed by atoms with Gasteiger partial charge in [-0.3, -0.25) is 4.79 Å². The molecular weight excluding hydrogens is 343 g/mol. The number of hydrogen-bond donors (Lipinski definition) is 1. The summed E-state index contributed by atoms with van der Waals surface area (Å²) in [6.07, 6.45) is 0.410. The van der Waals surface area contributed by atoms with Crippen molar-refractivity contribution in [2.75, 3.05) is 17.2 Å². The average molecular weight is 352 g/mol. The van der Waals surface area contributed by atoms with E-state index in [2.05, 4.69) is 31.9 Å². The Morgan fingerprint density at radius 3 is 2.75 bits per heavy atom. The average Bonchev–Trinajstić information content (AvgIpc) is 2.51. The molecule has 0 aliphatic carbocycles. The summed E-state index contributed by atoms with van der Waals surface area (Å²) < 4.78 is 14.0. The van der Waals surface area contributed by atoms with Crippen molar-refractivity contribution in [1.82, 2.24) is 0 Å². The van der Waals surface area contributed by atoms with Crippen LogP contribution in [-0.2, 0) is 4.79 Å². The maximum Gasteiger partial charge on any atom is 0.228 e. The summed E-state index contributed by atoms with van der Waals surface area (Å²) in [5.41, 5.74) is 6.08. The first-order valence-corrected chi connectivity index (χ1v) is 6.39. The van der Waals surface area contributed by atoms with Crippen LogP contribution in [0.3, 0.4) is 0 Å². The van der Waals surface area contributed by atoms with Gasteiger partial charge in [-0.15, -0.1) is 0 Å². The first-order chi connectivity index (χ1) is 7.49. The number of alkyl halides is 1. The van der Waals surface area contributed by atoms with Gasteiger partial charge < -0.3 is 10.6 Å². The van der Waals surface area contributed by atoms with E-state index in [9.17, 15) is 9.18 Å². The van der Waals surface area contributed by atoms with Gasteiger partial charge in [0.15, 0.2) is 0 Å². The molecule has 1 amide bonds. The Bertz CT molecular complexity index is 453. The highest BCUT2D eigenvalue weighted by molar-refractivity contribution is 9.10. The van der Waals surface area contributed by atoms with E-state index in [1.165, 1.54) is 11.0 Å². The quantitative estimate of drug-likeness (QED) is 0.624. The summed E-state index contributed by atoms with van der Waals surface area (Å²) in [5.74, 6) is -0.568. The highest BCUT2D eigenvalue weighted by atomic mass is 79.9. The van der Waals surface area contributed by atoms with Gasteiger partial charge >= 0.3 is 0 Å². The second-order valence-electron chi connectivity index (χ2n) is 3.63. The second kappa shape index (κ2) is 4.33. The zero-order valence-electron chi connectivity index (χ0n) is 8.21. The molecule has 2 N–H and O–H groups in total. The number of nitrogen functional groups attached to an aromatic ring is 1. The van der Waals surface area contributed by atoms with Gasteiger partial charge in [0.1, 0.15) is 5.82 Å². The van der Waals surface area contributed by atoms with Gasteiger partial charge in [-0.1, -0.05) is 31.9 Å². The molecule has 1 aliphatic rings. The largest absolute Gasteiger partial charge is 0.395 e. The van der Waals surface area contributed by atoms with E-state index in [1.807, 2.05) is 0 Å². The molecule has 0 radical (unpaired) electrons. The fourth-order valence-electron chi connectivity index (χ4n) is 1.69. The Balaban J connectivity index is 2.44. The Morgan fingerprint density at radius 2 is 2.19 bits per heavy atom. The highest BCUT2D eigenvalue weighted by Gasteiger charge is 2.30. The highest BCUT2D eigenvalue weighted by Crippen LogP contribution is 2.33. The third-order valence-electron chi connectivity index (χ3n) is 2.44. The van der Waals surface area contributed by atoms with E-state index < -0.39 is 5.82 Å². The fraction of sp³-hybridized carbons (Fsp3) is 0.300. The lowest BCUT2D eigenvalue weighted by molar-refractivity contribution is -0.117. The number of carbonyl (C=O) groups is 1.